The lowest BCUT2D eigenvalue weighted by Gasteiger charge is -2.61. The van der Waals surface area contributed by atoms with Crippen molar-refractivity contribution in [3.8, 4) is 0 Å². The number of ketones is 1. The number of carbonyl (C=O) groups is 3. The van der Waals surface area contributed by atoms with Crippen LogP contribution in [0.4, 0.5) is 0 Å². The average molecular weight is 662 g/mol. The summed E-state index contributed by atoms with van der Waals surface area (Å²) in [5, 5.41) is 34.3. The summed E-state index contributed by atoms with van der Waals surface area (Å²) in [4.78, 5) is 36.1. The molecule has 5 rings (SSSR count). The quantitative estimate of drug-likeness (QED) is 0.240. The van der Waals surface area contributed by atoms with Crippen molar-refractivity contribution < 1.29 is 43.9 Å². The summed E-state index contributed by atoms with van der Waals surface area (Å²) in [6.45, 7) is 12.1. The van der Waals surface area contributed by atoms with Crippen LogP contribution < -0.4 is 5.32 Å². The van der Waals surface area contributed by atoms with Crippen molar-refractivity contribution in [2.24, 2.45) is 46.3 Å². The zero-order valence-electron chi connectivity index (χ0n) is 29.3. The van der Waals surface area contributed by atoms with E-state index in [1.165, 1.54) is 13.8 Å². The number of fused-ring (bicyclic) bond motifs is 5. The van der Waals surface area contributed by atoms with Crippen LogP contribution in [0, 0.1) is 46.3 Å². The highest BCUT2D eigenvalue weighted by molar-refractivity contribution is 5.91. The molecular formula is C37H59NO9. The van der Waals surface area contributed by atoms with Gasteiger partial charge in [-0.2, -0.15) is 0 Å². The van der Waals surface area contributed by atoms with E-state index in [4.69, 9.17) is 14.2 Å². The van der Waals surface area contributed by atoms with Crippen molar-refractivity contribution in [3.05, 3.63) is 11.6 Å². The number of amides is 1. The Morgan fingerprint density at radius 3 is 2.49 bits per heavy atom. The number of aliphatic hydroxyl groups is 3. The summed E-state index contributed by atoms with van der Waals surface area (Å²) >= 11 is 0. The summed E-state index contributed by atoms with van der Waals surface area (Å²) in [5.74, 6) is 1.93. The van der Waals surface area contributed by atoms with Crippen LogP contribution in [0.15, 0.2) is 11.6 Å². The lowest BCUT2D eigenvalue weighted by molar-refractivity contribution is -0.296. The third-order valence-corrected chi connectivity index (χ3v) is 13.2. The minimum atomic E-state index is -1.38. The predicted molar refractivity (Wildman–Crippen MR) is 175 cm³/mol. The highest BCUT2D eigenvalue weighted by atomic mass is 16.7. The molecule has 10 nitrogen and oxygen atoms in total. The highest BCUT2D eigenvalue weighted by Gasteiger charge is 2.63. The molecule has 0 radical (unpaired) electrons. The Hall–Kier alpha value is -1.85. The third-order valence-electron chi connectivity index (χ3n) is 13.2. The maximum Gasteiger partial charge on any atom is 0.302 e. The standard InChI is InChI=1S/C37H59NO9/c1-20(19-45-23(4)41)8-7-9-21(2)26-10-11-27-31-28(13-15-37(26,27)6)36(5)14-12-25(42)16-24(36)17-29(31)46-35-32(38-22(3)40)34(44)33(43)30(18-39)47-35/h16,20-21,26-35,39,43-44H,7-15,17-19H2,1-6H3,(H,38,40)/t20-,21-,26-,27?,28?,29-,30?,31+,32?,33+,34?,35+,36+,37-/m1/s1. The minimum absolute atomic E-state index is 0.0879. The first-order valence-electron chi connectivity index (χ1n) is 18.1. The molecule has 4 N–H and O–H groups in total. The molecule has 1 aliphatic heterocycles. The summed E-state index contributed by atoms with van der Waals surface area (Å²) in [5.41, 5.74) is 1.16. The number of ether oxygens (including phenoxy) is 3. The number of esters is 1. The van der Waals surface area contributed by atoms with Crippen LogP contribution in [0.5, 0.6) is 0 Å². The molecule has 1 heterocycles. The van der Waals surface area contributed by atoms with E-state index in [-0.39, 0.29) is 40.5 Å². The zero-order chi connectivity index (χ0) is 34.3. The van der Waals surface area contributed by atoms with Gasteiger partial charge in [0.25, 0.3) is 0 Å². The first-order valence-corrected chi connectivity index (χ1v) is 18.1. The molecule has 14 atom stereocenters. The molecule has 10 heteroatoms. The maximum absolute atomic E-state index is 12.7. The second-order valence-corrected chi connectivity index (χ2v) is 16.2. The fourth-order valence-corrected chi connectivity index (χ4v) is 10.7. The zero-order valence-corrected chi connectivity index (χ0v) is 29.3. The van der Waals surface area contributed by atoms with E-state index in [1.807, 2.05) is 6.08 Å². The molecule has 266 valence electrons. The highest BCUT2D eigenvalue weighted by Crippen LogP contribution is 2.68. The molecule has 0 aromatic carbocycles. The van der Waals surface area contributed by atoms with Gasteiger partial charge in [0.2, 0.25) is 5.91 Å². The van der Waals surface area contributed by atoms with Gasteiger partial charge < -0.3 is 34.8 Å². The molecule has 4 aliphatic carbocycles. The van der Waals surface area contributed by atoms with Gasteiger partial charge in [-0.05, 0) is 97.4 Å². The van der Waals surface area contributed by atoms with E-state index < -0.39 is 37.3 Å². The molecule has 47 heavy (non-hydrogen) atoms. The van der Waals surface area contributed by atoms with Crippen LogP contribution in [0.2, 0.25) is 0 Å². The first kappa shape index (κ1) is 36.4. The number of aliphatic hydroxyl groups excluding tert-OH is 3. The molecule has 0 aromatic rings. The molecule has 0 spiro atoms. The van der Waals surface area contributed by atoms with E-state index in [9.17, 15) is 29.7 Å². The number of rotatable bonds is 11. The van der Waals surface area contributed by atoms with Crippen molar-refractivity contribution in [1.29, 1.82) is 0 Å². The maximum atomic E-state index is 12.7. The number of hydrogen-bond donors (Lipinski definition) is 4. The SMILES string of the molecule is CC(=O)NC1C(O)[C@@H](O)C(CO)O[C@@H]1O[C@@H]1CC2=CC(=O)CC[C@]2(C)C2CC[C@@]3(C)C(CC[C@@H]3[C@H](C)CCC[C@@H](C)COC(C)=O)[C@@H]21. The van der Waals surface area contributed by atoms with E-state index >= 15 is 0 Å². The van der Waals surface area contributed by atoms with E-state index in [0.717, 1.165) is 56.9 Å². The molecule has 1 saturated heterocycles. The normalized spacial score (nSPS) is 42.7. The smallest absolute Gasteiger partial charge is 0.302 e. The Kier molecular flexibility index (Phi) is 11.3. The summed E-state index contributed by atoms with van der Waals surface area (Å²) in [6, 6.07) is -1.01. The fraction of sp³-hybridized carbons (Fsp3) is 0.865. The van der Waals surface area contributed by atoms with Crippen LogP contribution in [0.25, 0.3) is 0 Å². The fourth-order valence-electron chi connectivity index (χ4n) is 10.7. The van der Waals surface area contributed by atoms with E-state index in [0.29, 0.717) is 49.0 Å². The van der Waals surface area contributed by atoms with Gasteiger partial charge in [0.15, 0.2) is 12.1 Å². The summed E-state index contributed by atoms with van der Waals surface area (Å²) in [7, 11) is 0. The van der Waals surface area contributed by atoms with Crippen LogP contribution in [-0.2, 0) is 28.6 Å². The number of nitrogens with one attached hydrogen (secondary N) is 1. The van der Waals surface area contributed by atoms with E-state index in [2.05, 4.69) is 33.0 Å². The minimum Gasteiger partial charge on any atom is -0.466 e. The molecule has 5 unspecified atom stereocenters. The average Bonchev–Trinajstić information content (AvgIpc) is 3.37. The van der Waals surface area contributed by atoms with E-state index in [1.54, 1.807) is 0 Å². The topological polar surface area (TPSA) is 152 Å². The molecule has 4 fully saturated rings. The van der Waals surface area contributed by atoms with Crippen molar-refractivity contribution in [1.82, 2.24) is 5.32 Å². The Bertz CT molecular complexity index is 1190. The van der Waals surface area contributed by atoms with Gasteiger partial charge in [0.05, 0.1) is 19.3 Å². The molecule has 3 saturated carbocycles. The Morgan fingerprint density at radius 1 is 1.06 bits per heavy atom. The molecule has 0 aromatic heterocycles. The lowest BCUT2D eigenvalue weighted by atomic mass is 9.45. The second-order valence-electron chi connectivity index (χ2n) is 16.2. The monoisotopic (exact) mass is 661 g/mol. The first-order chi connectivity index (χ1) is 22.2. The molecular weight excluding hydrogens is 602 g/mol. The molecule has 1 amide bonds. The van der Waals surface area contributed by atoms with Crippen LogP contribution in [0.1, 0.15) is 106 Å². The van der Waals surface area contributed by atoms with Gasteiger partial charge in [0.1, 0.15) is 24.4 Å². The third kappa shape index (κ3) is 7.23. The summed E-state index contributed by atoms with van der Waals surface area (Å²) < 4.78 is 18.2. The summed E-state index contributed by atoms with van der Waals surface area (Å²) in [6.07, 6.45) is 6.34. The Labute approximate surface area is 280 Å². The van der Waals surface area contributed by atoms with Gasteiger partial charge in [-0.3, -0.25) is 14.4 Å². The van der Waals surface area contributed by atoms with Gasteiger partial charge in [-0.15, -0.1) is 0 Å². The van der Waals surface area contributed by atoms with Crippen molar-refractivity contribution in [2.75, 3.05) is 13.2 Å². The molecule has 0 bridgehead atoms. The van der Waals surface area contributed by atoms with Crippen LogP contribution in [-0.4, -0.2) is 82.9 Å². The largest absolute Gasteiger partial charge is 0.466 e. The number of hydrogen-bond acceptors (Lipinski definition) is 9. The number of carbonyl (C=O) groups excluding carboxylic acids is 3. The lowest BCUT2D eigenvalue weighted by Crippen LogP contribution is -2.66. The van der Waals surface area contributed by atoms with Crippen molar-refractivity contribution in [3.63, 3.8) is 0 Å². The molecule has 5 aliphatic rings. The van der Waals surface area contributed by atoms with Gasteiger partial charge in [0, 0.05) is 20.3 Å². The van der Waals surface area contributed by atoms with Gasteiger partial charge >= 0.3 is 5.97 Å². The predicted octanol–water partition coefficient (Wildman–Crippen LogP) is 4.08. The van der Waals surface area contributed by atoms with Crippen molar-refractivity contribution in [2.45, 2.75) is 142 Å². The van der Waals surface area contributed by atoms with Gasteiger partial charge in [-0.25, -0.2) is 0 Å². The van der Waals surface area contributed by atoms with Gasteiger partial charge in [-0.1, -0.05) is 46.1 Å². The Balaban J connectivity index is 1.39. The second kappa shape index (κ2) is 14.6. The van der Waals surface area contributed by atoms with Crippen LogP contribution in [0.3, 0.4) is 0 Å². The van der Waals surface area contributed by atoms with Crippen molar-refractivity contribution >= 4 is 17.7 Å². The van der Waals surface area contributed by atoms with Crippen LogP contribution >= 0.6 is 0 Å². The Morgan fingerprint density at radius 2 is 1.81 bits per heavy atom.